The molecule has 30 heavy (non-hydrogen) atoms. The summed E-state index contributed by atoms with van der Waals surface area (Å²) >= 11 is 0. The number of nitrogens with zero attached hydrogens (tertiary/aromatic N) is 2. The number of phenolic OH excluding ortho intramolecular Hbond substituents is 1. The molecular weight excluding hydrogens is 374 g/mol. The fraction of sp³-hybridized carbons (Fsp3) is 0.120. The maximum absolute atomic E-state index is 9.95. The largest absolute Gasteiger partial charge is 0.508 e. The molecule has 2 N–H and O–H groups in total. The summed E-state index contributed by atoms with van der Waals surface area (Å²) in [6.45, 7) is 2.61. The standard InChI is InChI=1S/C25H21N3O2/c1-16-7-9-18(10-8-16)22-20-12-11-19(29)13-21(20)30-25-23(22)24(26)28(15-27-25)14-17-5-3-2-4-6-17/h2-13,15,22,26,29H,14H2,1H3/t22-/m0/s1. The van der Waals surface area contributed by atoms with Crippen LogP contribution in [0.4, 0.5) is 0 Å². The lowest BCUT2D eigenvalue weighted by Gasteiger charge is -2.28. The van der Waals surface area contributed by atoms with Gasteiger partial charge < -0.3 is 14.4 Å². The van der Waals surface area contributed by atoms with Gasteiger partial charge in [-0.2, -0.15) is 0 Å². The molecule has 0 unspecified atom stereocenters. The minimum atomic E-state index is -0.201. The Morgan fingerprint density at radius 2 is 1.80 bits per heavy atom. The number of nitrogens with one attached hydrogen (secondary N) is 1. The molecule has 0 saturated carbocycles. The molecule has 1 aliphatic heterocycles. The average Bonchev–Trinajstić information content (AvgIpc) is 2.76. The maximum Gasteiger partial charge on any atom is 0.228 e. The minimum Gasteiger partial charge on any atom is -0.508 e. The van der Waals surface area contributed by atoms with Crippen LogP contribution in [0, 0.1) is 12.3 Å². The van der Waals surface area contributed by atoms with Crippen LogP contribution in [-0.2, 0) is 6.54 Å². The third-order valence-corrected chi connectivity index (χ3v) is 5.50. The van der Waals surface area contributed by atoms with Crippen molar-refractivity contribution >= 4 is 0 Å². The van der Waals surface area contributed by atoms with Gasteiger partial charge in [-0.15, -0.1) is 0 Å². The molecule has 1 aromatic heterocycles. The molecule has 148 valence electrons. The molecule has 0 spiro atoms. The highest BCUT2D eigenvalue weighted by Crippen LogP contribution is 2.45. The predicted octanol–water partition coefficient (Wildman–Crippen LogP) is 4.71. The number of phenols is 1. The number of ether oxygens (including phenoxy) is 1. The van der Waals surface area contributed by atoms with Gasteiger partial charge in [-0.3, -0.25) is 5.41 Å². The van der Waals surface area contributed by atoms with E-state index in [0.29, 0.717) is 23.7 Å². The van der Waals surface area contributed by atoms with Gasteiger partial charge in [0.25, 0.3) is 0 Å². The Bertz CT molecular complexity index is 1280. The summed E-state index contributed by atoms with van der Waals surface area (Å²) in [6.07, 6.45) is 1.65. The molecule has 0 saturated heterocycles. The van der Waals surface area contributed by atoms with E-state index in [9.17, 15) is 5.11 Å². The van der Waals surface area contributed by atoms with Crippen molar-refractivity contribution in [1.82, 2.24) is 9.55 Å². The van der Waals surface area contributed by atoms with E-state index < -0.39 is 0 Å². The highest BCUT2D eigenvalue weighted by molar-refractivity contribution is 5.57. The van der Waals surface area contributed by atoms with Gasteiger partial charge in [0.15, 0.2) is 0 Å². The van der Waals surface area contributed by atoms with Crippen LogP contribution in [0.3, 0.4) is 0 Å². The lowest BCUT2D eigenvalue weighted by molar-refractivity contribution is 0.415. The number of aromatic hydroxyl groups is 1. The van der Waals surface area contributed by atoms with E-state index in [1.807, 2.05) is 41.0 Å². The highest BCUT2D eigenvalue weighted by Gasteiger charge is 2.32. The molecule has 0 bridgehead atoms. The molecule has 1 atom stereocenters. The van der Waals surface area contributed by atoms with E-state index in [2.05, 4.69) is 36.2 Å². The van der Waals surface area contributed by atoms with Crippen molar-refractivity contribution in [3.05, 3.63) is 112 Å². The van der Waals surface area contributed by atoms with E-state index in [4.69, 9.17) is 10.1 Å². The van der Waals surface area contributed by atoms with Gasteiger partial charge in [0.1, 0.15) is 23.3 Å². The molecule has 0 fully saturated rings. The molecule has 4 aromatic rings. The zero-order valence-corrected chi connectivity index (χ0v) is 16.5. The second-order valence-electron chi connectivity index (χ2n) is 7.59. The number of fused-ring (bicyclic) bond motifs is 2. The van der Waals surface area contributed by atoms with Gasteiger partial charge >= 0.3 is 0 Å². The second kappa shape index (κ2) is 7.19. The lowest BCUT2D eigenvalue weighted by Crippen LogP contribution is -2.30. The maximum atomic E-state index is 9.95. The Labute approximate surface area is 174 Å². The van der Waals surface area contributed by atoms with Crippen molar-refractivity contribution in [2.24, 2.45) is 0 Å². The predicted molar refractivity (Wildman–Crippen MR) is 114 cm³/mol. The fourth-order valence-electron chi connectivity index (χ4n) is 3.96. The Morgan fingerprint density at radius 1 is 1.03 bits per heavy atom. The smallest absolute Gasteiger partial charge is 0.228 e. The number of hydrogen-bond acceptors (Lipinski definition) is 4. The Hall–Kier alpha value is -3.86. The molecule has 1 aliphatic rings. The van der Waals surface area contributed by atoms with Crippen molar-refractivity contribution in [3.8, 4) is 17.4 Å². The SMILES string of the molecule is Cc1ccc([C@H]2c3ccc(O)cc3Oc3ncn(Cc4ccccc4)c(=N)c32)cc1. The number of aromatic nitrogens is 2. The van der Waals surface area contributed by atoms with Crippen molar-refractivity contribution in [3.63, 3.8) is 0 Å². The number of aryl methyl sites for hydroxylation is 1. The highest BCUT2D eigenvalue weighted by atomic mass is 16.5. The van der Waals surface area contributed by atoms with E-state index in [1.54, 1.807) is 18.5 Å². The van der Waals surface area contributed by atoms with Crippen LogP contribution in [-0.4, -0.2) is 14.7 Å². The average molecular weight is 395 g/mol. The van der Waals surface area contributed by atoms with Crippen LogP contribution in [0.5, 0.6) is 17.4 Å². The first-order chi connectivity index (χ1) is 14.6. The summed E-state index contributed by atoms with van der Waals surface area (Å²) in [6, 6.07) is 23.5. The molecule has 0 radical (unpaired) electrons. The third kappa shape index (κ3) is 3.14. The topological polar surface area (TPSA) is 71.1 Å². The molecule has 2 heterocycles. The van der Waals surface area contributed by atoms with Crippen LogP contribution >= 0.6 is 0 Å². The summed E-state index contributed by atoms with van der Waals surface area (Å²) in [5.74, 6) is 0.919. The molecule has 3 aromatic carbocycles. The van der Waals surface area contributed by atoms with E-state index in [0.717, 1.165) is 22.3 Å². The van der Waals surface area contributed by atoms with Crippen LogP contribution in [0.25, 0.3) is 0 Å². The number of benzene rings is 3. The first-order valence-corrected chi connectivity index (χ1v) is 9.85. The first kappa shape index (κ1) is 18.2. The monoisotopic (exact) mass is 395 g/mol. The van der Waals surface area contributed by atoms with Gasteiger partial charge in [0, 0.05) is 17.5 Å². The molecular formula is C25H21N3O2. The minimum absolute atomic E-state index is 0.140. The summed E-state index contributed by atoms with van der Waals surface area (Å²) in [7, 11) is 0. The van der Waals surface area contributed by atoms with Crippen molar-refractivity contribution < 1.29 is 9.84 Å². The van der Waals surface area contributed by atoms with Crippen LogP contribution < -0.4 is 10.2 Å². The summed E-state index contributed by atoms with van der Waals surface area (Å²) in [4.78, 5) is 4.54. The van der Waals surface area contributed by atoms with Crippen LogP contribution in [0.1, 0.15) is 33.7 Å². The first-order valence-electron chi connectivity index (χ1n) is 9.85. The Morgan fingerprint density at radius 3 is 2.57 bits per heavy atom. The Kier molecular flexibility index (Phi) is 4.36. The molecule has 0 aliphatic carbocycles. The normalized spacial score (nSPS) is 14.5. The summed E-state index contributed by atoms with van der Waals surface area (Å²) in [5, 5.41) is 18.9. The van der Waals surface area contributed by atoms with Gasteiger partial charge in [-0.1, -0.05) is 66.2 Å². The van der Waals surface area contributed by atoms with E-state index >= 15 is 0 Å². The zero-order valence-electron chi connectivity index (χ0n) is 16.5. The van der Waals surface area contributed by atoms with Gasteiger partial charge in [-0.25, -0.2) is 4.98 Å². The molecule has 5 nitrogen and oxygen atoms in total. The Balaban J connectivity index is 1.69. The number of hydrogen-bond donors (Lipinski definition) is 2. The van der Waals surface area contributed by atoms with Gasteiger partial charge in [0.2, 0.25) is 5.88 Å². The quantitative estimate of drug-likeness (QED) is 0.465. The number of rotatable bonds is 3. The van der Waals surface area contributed by atoms with Crippen LogP contribution in [0.2, 0.25) is 0 Å². The van der Waals surface area contributed by atoms with E-state index in [-0.39, 0.29) is 11.7 Å². The third-order valence-electron chi connectivity index (χ3n) is 5.50. The fourth-order valence-corrected chi connectivity index (χ4v) is 3.96. The van der Waals surface area contributed by atoms with Gasteiger partial charge in [0.05, 0.1) is 12.1 Å². The van der Waals surface area contributed by atoms with Gasteiger partial charge in [-0.05, 0) is 24.1 Å². The summed E-state index contributed by atoms with van der Waals surface area (Å²) < 4.78 is 7.85. The van der Waals surface area contributed by atoms with Crippen molar-refractivity contribution in [1.29, 1.82) is 5.41 Å². The van der Waals surface area contributed by atoms with Crippen LogP contribution in [0.15, 0.2) is 79.1 Å². The van der Waals surface area contributed by atoms with E-state index in [1.165, 1.54) is 5.56 Å². The molecule has 5 heteroatoms. The molecule has 5 rings (SSSR count). The lowest BCUT2D eigenvalue weighted by atomic mass is 9.83. The van der Waals surface area contributed by atoms with Crippen molar-refractivity contribution in [2.75, 3.05) is 0 Å². The molecule has 0 amide bonds. The van der Waals surface area contributed by atoms with Crippen molar-refractivity contribution in [2.45, 2.75) is 19.4 Å². The zero-order chi connectivity index (χ0) is 20.7. The summed E-state index contributed by atoms with van der Waals surface area (Å²) in [5.41, 5.74) is 5.35. The second-order valence-corrected chi connectivity index (χ2v) is 7.59.